The standard InChI is InChI=1S/C26H24N6/c1-16-13-17(2)27-26-23(16)14-24(20-11-12-20)32(26)15-18-7-9-19(10-8-18)21-5-3-4-6-22(21)25-28-30-31-29-25/h3-10,13-14,20H,11-12,15H2,1-2H3,(H,28,29,30,31). The van der Waals surface area contributed by atoms with Gasteiger partial charge >= 0.3 is 0 Å². The lowest BCUT2D eigenvalue weighted by Gasteiger charge is -2.12. The fourth-order valence-corrected chi connectivity index (χ4v) is 4.62. The van der Waals surface area contributed by atoms with E-state index in [1.165, 1.54) is 35.0 Å². The number of nitrogens with one attached hydrogen (secondary N) is 1. The zero-order chi connectivity index (χ0) is 21.7. The van der Waals surface area contributed by atoms with Crippen LogP contribution in [-0.4, -0.2) is 30.2 Å². The Morgan fingerprint density at radius 1 is 0.969 bits per heavy atom. The maximum Gasteiger partial charge on any atom is 0.205 e. The molecule has 32 heavy (non-hydrogen) atoms. The number of benzene rings is 2. The molecule has 0 aliphatic heterocycles. The molecule has 1 saturated carbocycles. The molecule has 3 heterocycles. The van der Waals surface area contributed by atoms with Crippen LogP contribution in [0.25, 0.3) is 33.5 Å². The molecule has 1 aliphatic carbocycles. The summed E-state index contributed by atoms with van der Waals surface area (Å²) in [6.07, 6.45) is 2.56. The number of aromatic amines is 1. The van der Waals surface area contributed by atoms with Crippen LogP contribution in [0, 0.1) is 13.8 Å². The van der Waals surface area contributed by atoms with Crippen molar-refractivity contribution in [2.75, 3.05) is 0 Å². The van der Waals surface area contributed by atoms with Crippen molar-refractivity contribution in [2.45, 2.75) is 39.2 Å². The van der Waals surface area contributed by atoms with E-state index in [2.05, 4.69) is 81.5 Å². The number of pyridine rings is 1. The SMILES string of the molecule is Cc1cc(C)c2cc(C3CC3)n(Cc3ccc(-c4ccccc4-c4nn[nH]n4)cc3)c2n1. The van der Waals surface area contributed by atoms with Gasteiger partial charge in [0.2, 0.25) is 5.82 Å². The monoisotopic (exact) mass is 420 g/mol. The summed E-state index contributed by atoms with van der Waals surface area (Å²) < 4.78 is 2.43. The molecule has 5 aromatic rings. The molecule has 0 atom stereocenters. The second-order valence-corrected chi connectivity index (χ2v) is 8.73. The van der Waals surface area contributed by atoms with Gasteiger partial charge in [-0.1, -0.05) is 48.5 Å². The molecule has 1 fully saturated rings. The van der Waals surface area contributed by atoms with Crippen LogP contribution in [0.4, 0.5) is 0 Å². The van der Waals surface area contributed by atoms with E-state index >= 15 is 0 Å². The van der Waals surface area contributed by atoms with E-state index in [1.54, 1.807) is 0 Å². The Labute approximate surface area is 186 Å². The van der Waals surface area contributed by atoms with E-state index in [1.807, 2.05) is 18.2 Å². The highest BCUT2D eigenvalue weighted by atomic mass is 15.5. The topological polar surface area (TPSA) is 72.3 Å². The summed E-state index contributed by atoms with van der Waals surface area (Å²) in [6.45, 7) is 5.10. The fraction of sp³-hybridized carbons (Fsp3) is 0.231. The van der Waals surface area contributed by atoms with Crippen molar-refractivity contribution in [3.05, 3.63) is 83.2 Å². The maximum atomic E-state index is 4.91. The number of fused-ring (bicyclic) bond motifs is 1. The molecule has 0 radical (unpaired) electrons. The van der Waals surface area contributed by atoms with Crippen molar-refractivity contribution in [1.29, 1.82) is 0 Å². The van der Waals surface area contributed by atoms with Crippen LogP contribution in [-0.2, 0) is 6.54 Å². The number of H-pyrrole nitrogens is 1. The Kier molecular flexibility index (Phi) is 4.38. The van der Waals surface area contributed by atoms with Crippen molar-refractivity contribution in [2.24, 2.45) is 0 Å². The van der Waals surface area contributed by atoms with Crippen molar-refractivity contribution in [1.82, 2.24) is 30.2 Å². The van der Waals surface area contributed by atoms with Gasteiger partial charge in [0, 0.05) is 28.9 Å². The minimum absolute atomic E-state index is 0.606. The molecular weight excluding hydrogens is 396 g/mol. The van der Waals surface area contributed by atoms with Crippen molar-refractivity contribution in [3.8, 4) is 22.5 Å². The summed E-state index contributed by atoms with van der Waals surface area (Å²) in [7, 11) is 0. The first kappa shape index (κ1) is 18.9. The van der Waals surface area contributed by atoms with E-state index in [0.29, 0.717) is 11.7 Å². The molecule has 0 saturated heterocycles. The zero-order valence-corrected chi connectivity index (χ0v) is 18.2. The number of nitrogens with zero attached hydrogens (tertiary/aromatic N) is 5. The third-order valence-electron chi connectivity index (χ3n) is 6.35. The zero-order valence-electron chi connectivity index (χ0n) is 18.2. The van der Waals surface area contributed by atoms with Crippen LogP contribution in [0.2, 0.25) is 0 Å². The maximum absolute atomic E-state index is 4.91. The summed E-state index contributed by atoms with van der Waals surface area (Å²) >= 11 is 0. The molecular formula is C26H24N6. The molecule has 2 aromatic carbocycles. The number of hydrogen-bond acceptors (Lipinski definition) is 4. The van der Waals surface area contributed by atoms with E-state index in [-0.39, 0.29) is 0 Å². The fourth-order valence-electron chi connectivity index (χ4n) is 4.62. The Hall–Kier alpha value is -3.80. The molecule has 158 valence electrons. The first-order chi connectivity index (χ1) is 15.7. The third kappa shape index (κ3) is 3.28. The molecule has 3 aromatic heterocycles. The van der Waals surface area contributed by atoms with Crippen molar-refractivity contribution < 1.29 is 0 Å². The van der Waals surface area contributed by atoms with Gasteiger partial charge in [0.1, 0.15) is 5.65 Å². The van der Waals surface area contributed by atoms with Gasteiger partial charge in [-0.25, -0.2) is 4.98 Å². The van der Waals surface area contributed by atoms with E-state index in [4.69, 9.17) is 4.98 Å². The van der Waals surface area contributed by atoms with Gasteiger partial charge in [0.05, 0.1) is 0 Å². The molecule has 6 nitrogen and oxygen atoms in total. The first-order valence-electron chi connectivity index (χ1n) is 11.1. The predicted molar refractivity (Wildman–Crippen MR) is 125 cm³/mol. The third-order valence-corrected chi connectivity index (χ3v) is 6.35. The number of aromatic nitrogens is 6. The second kappa shape index (κ2) is 7.41. The molecule has 0 bridgehead atoms. The van der Waals surface area contributed by atoms with Crippen LogP contribution < -0.4 is 0 Å². The van der Waals surface area contributed by atoms with Crippen LogP contribution in [0.3, 0.4) is 0 Å². The van der Waals surface area contributed by atoms with E-state index < -0.39 is 0 Å². The predicted octanol–water partition coefficient (Wildman–Crippen LogP) is 5.43. The number of tetrazole rings is 1. The molecule has 6 rings (SSSR count). The highest BCUT2D eigenvalue weighted by Gasteiger charge is 2.28. The minimum atomic E-state index is 0.606. The summed E-state index contributed by atoms with van der Waals surface area (Å²) in [5.41, 5.74) is 9.38. The smallest absolute Gasteiger partial charge is 0.205 e. The van der Waals surface area contributed by atoms with Gasteiger partial charge in [-0.15, -0.1) is 10.2 Å². The van der Waals surface area contributed by atoms with Gasteiger partial charge in [-0.2, -0.15) is 5.21 Å². The van der Waals surface area contributed by atoms with Crippen molar-refractivity contribution in [3.63, 3.8) is 0 Å². The van der Waals surface area contributed by atoms with Crippen LogP contribution in [0.15, 0.2) is 60.7 Å². The van der Waals surface area contributed by atoms with Crippen LogP contribution in [0.5, 0.6) is 0 Å². The van der Waals surface area contributed by atoms with Crippen LogP contribution >= 0.6 is 0 Å². The lowest BCUT2D eigenvalue weighted by atomic mass is 9.98. The number of hydrogen-bond donors (Lipinski definition) is 1. The van der Waals surface area contributed by atoms with Gasteiger partial charge in [0.25, 0.3) is 0 Å². The van der Waals surface area contributed by atoms with Crippen LogP contribution in [0.1, 0.15) is 41.3 Å². The van der Waals surface area contributed by atoms with E-state index in [9.17, 15) is 0 Å². The molecule has 0 unspecified atom stereocenters. The highest BCUT2D eigenvalue weighted by molar-refractivity contribution is 5.82. The summed E-state index contributed by atoms with van der Waals surface area (Å²) in [6, 6.07) is 21.5. The van der Waals surface area contributed by atoms with Crippen molar-refractivity contribution >= 4 is 11.0 Å². The highest BCUT2D eigenvalue weighted by Crippen LogP contribution is 2.43. The number of aryl methyl sites for hydroxylation is 2. The molecule has 1 aliphatic rings. The molecule has 6 heteroatoms. The lowest BCUT2D eigenvalue weighted by Crippen LogP contribution is -2.05. The quantitative estimate of drug-likeness (QED) is 0.412. The Morgan fingerprint density at radius 3 is 2.47 bits per heavy atom. The first-order valence-corrected chi connectivity index (χ1v) is 11.1. The average molecular weight is 421 g/mol. The molecule has 0 amide bonds. The molecule has 1 N–H and O–H groups in total. The normalized spacial score (nSPS) is 13.7. The Morgan fingerprint density at radius 2 is 1.75 bits per heavy atom. The average Bonchev–Trinajstić information content (AvgIpc) is 3.37. The largest absolute Gasteiger partial charge is 0.325 e. The Balaban J connectivity index is 1.37. The number of rotatable bonds is 5. The summed E-state index contributed by atoms with van der Waals surface area (Å²) in [4.78, 5) is 4.91. The van der Waals surface area contributed by atoms with E-state index in [0.717, 1.165) is 34.6 Å². The second-order valence-electron chi connectivity index (χ2n) is 8.73. The lowest BCUT2D eigenvalue weighted by molar-refractivity contribution is 0.761. The molecule has 0 spiro atoms. The summed E-state index contributed by atoms with van der Waals surface area (Å²) in [5, 5.41) is 15.8. The summed E-state index contributed by atoms with van der Waals surface area (Å²) in [5.74, 6) is 1.28. The van der Waals surface area contributed by atoms with Gasteiger partial charge < -0.3 is 4.57 Å². The van der Waals surface area contributed by atoms with Gasteiger partial charge in [0.15, 0.2) is 0 Å². The minimum Gasteiger partial charge on any atom is -0.325 e. The van der Waals surface area contributed by atoms with Gasteiger partial charge in [-0.3, -0.25) is 0 Å². The Bertz CT molecular complexity index is 1410. The van der Waals surface area contributed by atoms with Gasteiger partial charge in [-0.05, 0) is 72.2 Å².